The fraction of sp³-hybridized carbons (Fsp3) is 0.222. The second-order valence-corrected chi connectivity index (χ2v) is 2.51. The molecule has 0 radical (unpaired) electrons. The Balaban J connectivity index is 2.75. The highest BCUT2D eigenvalue weighted by Gasteiger charge is 2.18. The summed E-state index contributed by atoms with van der Waals surface area (Å²) in [5, 5.41) is 3.17. The molecule has 1 aromatic carbocycles. The van der Waals surface area contributed by atoms with E-state index in [0.29, 0.717) is 5.75 Å². The van der Waals surface area contributed by atoms with Crippen LogP contribution in [0.15, 0.2) is 35.4 Å². The number of hydrogen-bond acceptors (Lipinski definition) is 4. The van der Waals surface area contributed by atoms with Crippen molar-refractivity contribution in [1.82, 2.24) is 0 Å². The minimum absolute atomic E-state index is 0.431. The van der Waals surface area contributed by atoms with E-state index in [2.05, 4.69) is 14.8 Å². The number of carbonyl (C=O) groups excluding carboxylic acids is 1. The van der Waals surface area contributed by atoms with E-state index in [1.807, 2.05) is 0 Å². The second kappa shape index (κ2) is 5.51. The van der Waals surface area contributed by atoms with Crippen molar-refractivity contribution in [3.8, 4) is 5.75 Å². The topological polar surface area (TPSA) is 84.3 Å². The molecule has 0 heterocycles. The largest absolute Gasteiger partial charge is 0.472 e. The molecule has 1 aromatic rings. The Morgan fingerprint density at radius 3 is 2.67 bits per heavy atom. The SMILES string of the molecule is COC(=O)C(N=[N+]=[N-])Oc1ccccc1. The first kappa shape index (κ1) is 10.9. The summed E-state index contributed by atoms with van der Waals surface area (Å²) < 4.78 is 9.52. The fourth-order valence-corrected chi connectivity index (χ4v) is 0.895. The predicted octanol–water partition coefficient (Wildman–Crippen LogP) is 1.87. The molecule has 78 valence electrons. The summed E-state index contributed by atoms with van der Waals surface area (Å²) in [4.78, 5) is 13.6. The van der Waals surface area contributed by atoms with Crippen LogP contribution in [-0.4, -0.2) is 19.3 Å². The monoisotopic (exact) mass is 207 g/mol. The van der Waals surface area contributed by atoms with Crippen LogP contribution >= 0.6 is 0 Å². The number of esters is 1. The highest BCUT2D eigenvalue weighted by molar-refractivity contribution is 5.74. The normalized spacial score (nSPS) is 11.0. The zero-order valence-corrected chi connectivity index (χ0v) is 8.03. The predicted molar refractivity (Wildman–Crippen MR) is 52.0 cm³/mol. The number of carbonyl (C=O) groups is 1. The van der Waals surface area contributed by atoms with Gasteiger partial charge in [-0.25, -0.2) is 4.79 Å². The van der Waals surface area contributed by atoms with E-state index in [-0.39, 0.29) is 0 Å². The molecule has 0 N–H and O–H groups in total. The molecule has 0 aromatic heterocycles. The van der Waals surface area contributed by atoms with Crippen molar-refractivity contribution < 1.29 is 14.3 Å². The number of nitrogens with zero attached hydrogens (tertiary/aromatic N) is 3. The molecule has 15 heavy (non-hydrogen) atoms. The number of methoxy groups -OCH3 is 1. The molecule has 0 aliphatic rings. The molecular weight excluding hydrogens is 198 g/mol. The third-order valence-electron chi connectivity index (χ3n) is 1.55. The zero-order chi connectivity index (χ0) is 11.1. The standard InChI is InChI=1S/C9H9N3O3/c1-14-9(13)8(11-12-10)15-7-5-3-2-4-6-7/h2-6,8H,1H3. The number of rotatable bonds is 4. The molecule has 0 aliphatic heterocycles. The molecule has 6 heteroatoms. The Labute approximate surface area is 86.0 Å². The van der Waals surface area contributed by atoms with E-state index in [4.69, 9.17) is 10.3 Å². The molecule has 1 atom stereocenters. The van der Waals surface area contributed by atoms with Gasteiger partial charge in [0, 0.05) is 4.91 Å². The molecule has 0 fully saturated rings. The number of azide groups is 1. The maximum atomic E-state index is 11.1. The number of hydrogen-bond donors (Lipinski definition) is 0. The van der Waals surface area contributed by atoms with Crippen molar-refractivity contribution >= 4 is 5.97 Å². The van der Waals surface area contributed by atoms with E-state index in [1.165, 1.54) is 7.11 Å². The fourth-order valence-electron chi connectivity index (χ4n) is 0.895. The molecule has 0 saturated heterocycles. The molecule has 0 aliphatic carbocycles. The lowest BCUT2D eigenvalue weighted by Gasteiger charge is -2.11. The Bertz CT molecular complexity index is 373. The Morgan fingerprint density at radius 2 is 2.13 bits per heavy atom. The van der Waals surface area contributed by atoms with Crippen LogP contribution in [0.1, 0.15) is 0 Å². The minimum atomic E-state index is -1.29. The molecule has 0 saturated carbocycles. The Morgan fingerprint density at radius 1 is 1.47 bits per heavy atom. The van der Waals surface area contributed by atoms with Gasteiger partial charge in [-0.15, -0.1) is 0 Å². The molecule has 0 amide bonds. The summed E-state index contributed by atoms with van der Waals surface area (Å²) in [5.41, 5.74) is 8.23. The smallest absolute Gasteiger partial charge is 0.353 e. The number of ether oxygens (including phenoxy) is 2. The lowest BCUT2D eigenvalue weighted by atomic mass is 10.3. The first-order chi connectivity index (χ1) is 7.27. The molecule has 6 nitrogen and oxygen atoms in total. The molecule has 0 bridgehead atoms. The average molecular weight is 207 g/mol. The summed E-state index contributed by atoms with van der Waals surface area (Å²) in [6, 6.07) is 8.55. The van der Waals surface area contributed by atoms with Gasteiger partial charge in [-0.2, -0.15) is 0 Å². The maximum Gasteiger partial charge on any atom is 0.353 e. The van der Waals surface area contributed by atoms with Gasteiger partial charge < -0.3 is 9.47 Å². The molecule has 1 rings (SSSR count). The van der Waals surface area contributed by atoms with Gasteiger partial charge in [-0.1, -0.05) is 18.2 Å². The third-order valence-corrected chi connectivity index (χ3v) is 1.55. The molecular formula is C9H9N3O3. The Kier molecular flexibility index (Phi) is 4.00. The van der Waals surface area contributed by atoms with Crippen LogP contribution in [0, 0.1) is 0 Å². The summed E-state index contributed by atoms with van der Waals surface area (Å²) in [6.45, 7) is 0. The van der Waals surface area contributed by atoms with Crippen LogP contribution in [0.25, 0.3) is 10.4 Å². The number of para-hydroxylation sites is 1. The van der Waals surface area contributed by atoms with E-state index in [9.17, 15) is 4.79 Å². The maximum absolute atomic E-state index is 11.1. The van der Waals surface area contributed by atoms with Crippen LogP contribution in [0.4, 0.5) is 0 Å². The summed E-state index contributed by atoms with van der Waals surface area (Å²) in [5.74, 6) is -0.308. The van der Waals surface area contributed by atoms with Gasteiger partial charge in [0.05, 0.1) is 7.11 Å². The first-order valence-corrected chi connectivity index (χ1v) is 4.11. The third kappa shape index (κ3) is 3.21. The second-order valence-electron chi connectivity index (χ2n) is 2.51. The lowest BCUT2D eigenvalue weighted by molar-refractivity contribution is -0.148. The molecule has 0 spiro atoms. The van der Waals surface area contributed by atoms with Crippen molar-refractivity contribution in [3.05, 3.63) is 40.8 Å². The van der Waals surface area contributed by atoms with E-state index in [1.54, 1.807) is 30.3 Å². The van der Waals surface area contributed by atoms with Crippen molar-refractivity contribution in [2.24, 2.45) is 5.11 Å². The van der Waals surface area contributed by atoms with E-state index >= 15 is 0 Å². The number of benzene rings is 1. The van der Waals surface area contributed by atoms with Crippen LogP contribution in [-0.2, 0) is 9.53 Å². The van der Waals surface area contributed by atoms with Crippen LogP contribution in [0.2, 0.25) is 0 Å². The summed E-state index contributed by atoms with van der Waals surface area (Å²) in [7, 11) is 1.19. The minimum Gasteiger partial charge on any atom is -0.472 e. The highest BCUT2D eigenvalue weighted by Crippen LogP contribution is 2.12. The van der Waals surface area contributed by atoms with E-state index in [0.717, 1.165) is 0 Å². The van der Waals surface area contributed by atoms with Crippen LogP contribution in [0.5, 0.6) is 5.75 Å². The zero-order valence-electron chi connectivity index (χ0n) is 8.03. The first-order valence-electron chi connectivity index (χ1n) is 4.11. The van der Waals surface area contributed by atoms with Crippen molar-refractivity contribution in [2.75, 3.05) is 7.11 Å². The quantitative estimate of drug-likeness (QED) is 0.327. The van der Waals surface area contributed by atoms with E-state index < -0.39 is 12.2 Å². The lowest BCUT2D eigenvalue weighted by Crippen LogP contribution is -2.25. The van der Waals surface area contributed by atoms with Gasteiger partial charge in [-0.05, 0) is 22.8 Å². The Hall–Kier alpha value is -2.20. The summed E-state index contributed by atoms with van der Waals surface area (Å²) in [6.07, 6.45) is -1.29. The van der Waals surface area contributed by atoms with Gasteiger partial charge in [-0.3, -0.25) is 0 Å². The summed E-state index contributed by atoms with van der Waals surface area (Å²) >= 11 is 0. The van der Waals surface area contributed by atoms with Crippen molar-refractivity contribution in [3.63, 3.8) is 0 Å². The molecule has 1 unspecified atom stereocenters. The van der Waals surface area contributed by atoms with Gasteiger partial charge in [0.25, 0.3) is 6.23 Å². The van der Waals surface area contributed by atoms with Crippen LogP contribution < -0.4 is 4.74 Å². The van der Waals surface area contributed by atoms with Crippen molar-refractivity contribution in [1.29, 1.82) is 0 Å². The van der Waals surface area contributed by atoms with Gasteiger partial charge in [0.1, 0.15) is 5.75 Å². The van der Waals surface area contributed by atoms with Gasteiger partial charge >= 0.3 is 5.97 Å². The van der Waals surface area contributed by atoms with Gasteiger partial charge in [0.15, 0.2) is 0 Å². The highest BCUT2D eigenvalue weighted by atomic mass is 16.6. The average Bonchev–Trinajstić information content (AvgIpc) is 2.29. The van der Waals surface area contributed by atoms with Crippen molar-refractivity contribution in [2.45, 2.75) is 6.23 Å². The van der Waals surface area contributed by atoms with Gasteiger partial charge in [0.2, 0.25) is 0 Å². The van der Waals surface area contributed by atoms with Crippen LogP contribution in [0.3, 0.4) is 0 Å².